The lowest BCUT2D eigenvalue weighted by Crippen LogP contribution is -2.51. The lowest BCUT2D eigenvalue weighted by Gasteiger charge is -2.40. The molecule has 0 aliphatic carbocycles. The SMILES string of the molecule is CCC1(C(=O)O)CCCN(C(=O)C2CCOC2C)C1. The van der Waals surface area contributed by atoms with Crippen LogP contribution in [0.5, 0.6) is 0 Å². The summed E-state index contributed by atoms with van der Waals surface area (Å²) in [4.78, 5) is 25.7. The van der Waals surface area contributed by atoms with Crippen molar-refractivity contribution in [3.05, 3.63) is 0 Å². The second-order valence-corrected chi connectivity index (χ2v) is 5.77. The number of carbonyl (C=O) groups is 2. The Morgan fingerprint density at radius 1 is 1.47 bits per heavy atom. The normalized spacial score (nSPS) is 35.4. The number of likely N-dealkylation sites (tertiary alicyclic amines) is 1. The van der Waals surface area contributed by atoms with Gasteiger partial charge in [0.1, 0.15) is 0 Å². The number of carboxylic acids is 1. The molecule has 5 heteroatoms. The first-order chi connectivity index (χ1) is 9.00. The molecule has 0 aromatic heterocycles. The zero-order valence-electron chi connectivity index (χ0n) is 11.7. The molecule has 0 saturated carbocycles. The van der Waals surface area contributed by atoms with Crippen molar-refractivity contribution >= 4 is 11.9 Å². The first kappa shape index (κ1) is 14.3. The number of nitrogens with zero attached hydrogens (tertiary/aromatic N) is 1. The van der Waals surface area contributed by atoms with Crippen LogP contribution in [0.3, 0.4) is 0 Å². The van der Waals surface area contributed by atoms with E-state index in [4.69, 9.17) is 4.74 Å². The Labute approximate surface area is 113 Å². The molecule has 5 nitrogen and oxygen atoms in total. The zero-order valence-corrected chi connectivity index (χ0v) is 11.7. The van der Waals surface area contributed by atoms with Crippen LogP contribution in [-0.2, 0) is 14.3 Å². The average Bonchev–Trinajstić information content (AvgIpc) is 2.84. The number of carbonyl (C=O) groups excluding carboxylic acids is 1. The Morgan fingerprint density at radius 3 is 2.74 bits per heavy atom. The highest BCUT2D eigenvalue weighted by Crippen LogP contribution is 2.35. The number of ether oxygens (including phenoxy) is 1. The second kappa shape index (κ2) is 5.49. The molecule has 0 spiro atoms. The van der Waals surface area contributed by atoms with E-state index in [1.165, 1.54) is 0 Å². The van der Waals surface area contributed by atoms with Gasteiger partial charge >= 0.3 is 5.97 Å². The van der Waals surface area contributed by atoms with Gasteiger partial charge in [0, 0.05) is 19.7 Å². The van der Waals surface area contributed by atoms with Gasteiger partial charge in [-0.05, 0) is 32.6 Å². The number of rotatable bonds is 3. The molecule has 19 heavy (non-hydrogen) atoms. The lowest BCUT2D eigenvalue weighted by atomic mass is 9.77. The summed E-state index contributed by atoms with van der Waals surface area (Å²) in [5, 5.41) is 9.44. The highest BCUT2D eigenvalue weighted by Gasteiger charge is 2.44. The third-order valence-corrected chi connectivity index (χ3v) is 4.71. The van der Waals surface area contributed by atoms with Crippen LogP contribution in [0.15, 0.2) is 0 Å². The standard InChI is InChI=1S/C14H23NO4/c1-3-14(13(17)18)6-4-7-15(9-14)12(16)11-5-8-19-10(11)2/h10-11H,3-9H2,1-2H3,(H,17,18). The fourth-order valence-corrected chi connectivity index (χ4v) is 3.22. The summed E-state index contributed by atoms with van der Waals surface area (Å²) >= 11 is 0. The van der Waals surface area contributed by atoms with Crippen molar-refractivity contribution in [3.63, 3.8) is 0 Å². The summed E-state index contributed by atoms with van der Waals surface area (Å²) < 4.78 is 5.44. The molecule has 2 aliphatic heterocycles. The van der Waals surface area contributed by atoms with Crippen LogP contribution in [0.4, 0.5) is 0 Å². The van der Waals surface area contributed by atoms with Gasteiger partial charge in [0.05, 0.1) is 17.4 Å². The molecule has 3 unspecified atom stereocenters. The highest BCUT2D eigenvalue weighted by atomic mass is 16.5. The molecule has 108 valence electrons. The van der Waals surface area contributed by atoms with Crippen molar-refractivity contribution in [2.45, 2.75) is 45.6 Å². The molecular formula is C14H23NO4. The molecule has 2 rings (SSSR count). The van der Waals surface area contributed by atoms with Crippen molar-refractivity contribution in [3.8, 4) is 0 Å². The van der Waals surface area contributed by atoms with Crippen LogP contribution in [0.25, 0.3) is 0 Å². The van der Waals surface area contributed by atoms with Crippen molar-refractivity contribution in [2.75, 3.05) is 19.7 Å². The van der Waals surface area contributed by atoms with Gasteiger partial charge in [0.25, 0.3) is 0 Å². The van der Waals surface area contributed by atoms with E-state index in [0.717, 1.165) is 12.8 Å². The third-order valence-electron chi connectivity index (χ3n) is 4.71. The summed E-state index contributed by atoms with van der Waals surface area (Å²) in [6, 6.07) is 0. The monoisotopic (exact) mass is 269 g/mol. The van der Waals surface area contributed by atoms with Gasteiger partial charge in [-0.2, -0.15) is 0 Å². The van der Waals surface area contributed by atoms with Crippen LogP contribution >= 0.6 is 0 Å². The summed E-state index contributed by atoms with van der Waals surface area (Å²) in [5.41, 5.74) is -0.753. The Bertz CT molecular complexity index is 370. The van der Waals surface area contributed by atoms with Crippen molar-refractivity contribution in [1.82, 2.24) is 4.90 Å². The minimum absolute atomic E-state index is 0.0460. The van der Waals surface area contributed by atoms with Crippen LogP contribution in [0.1, 0.15) is 39.5 Å². The molecule has 1 amide bonds. The van der Waals surface area contributed by atoms with Gasteiger partial charge in [-0.3, -0.25) is 9.59 Å². The number of hydrogen-bond donors (Lipinski definition) is 1. The molecule has 0 bridgehead atoms. The Balaban J connectivity index is 2.08. The topological polar surface area (TPSA) is 66.8 Å². The number of carboxylic acid groups (broad SMARTS) is 1. The van der Waals surface area contributed by atoms with E-state index in [1.54, 1.807) is 4.90 Å². The third kappa shape index (κ3) is 2.61. The summed E-state index contributed by atoms with van der Waals surface area (Å²) in [6.07, 6.45) is 2.72. The molecule has 2 saturated heterocycles. The van der Waals surface area contributed by atoms with Crippen molar-refractivity contribution in [2.24, 2.45) is 11.3 Å². The summed E-state index contributed by atoms with van der Waals surface area (Å²) in [7, 11) is 0. The van der Waals surface area contributed by atoms with Gasteiger partial charge in [0.15, 0.2) is 0 Å². The molecular weight excluding hydrogens is 246 g/mol. The summed E-state index contributed by atoms with van der Waals surface area (Å²) in [6.45, 7) is 5.47. The molecule has 2 aliphatic rings. The van der Waals surface area contributed by atoms with Gasteiger partial charge in [-0.1, -0.05) is 6.92 Å². The number of piperidine rings is 1. The molecule has 0 aromatic rings. The first-order valence-electron chi connectivity index (χ1n) is 7.14. The minimum Gasteiger partial charge on any atom is -0.481 e. The van der Waals surface area contributed by atoms with E-state index in [2.05, 4.69) is 0 Å². The number of aliphatic carboxylic acids is 1. The average molecular weight is 269 g/mol. The lowest BCUT2D eigenvalue weighted by molar-refractivity contribution is -0.156. The Morgan fingerprint density at radius 2 is 2.21 bits per heavy atom. The molecule has 2 fully saturated rings. The smallest absolute Gasteiger partial charge is 0.311 e. The fourth-order valence-electron chi connectivity index (χ4n) is 3.22. The molecule has 1 N–H and O–H groups in total. The van der Waals surface area contributed by atoms with E-state index in [9.17, 15) is 14.7 Å². The number of hydrogen-bond acceptors (Lipinski definition) is 3. The first-order valence-corrected chi connectivity index (χ1v) is 7.14. The molecule has 0 radical (unpaired) electrons. The van der Waals surface area contributed by atoms with E-state index in [-0.39, 0.29) is 17.9 Å². The van der Waals surface area contributed by atoms with Gasteiger partial charge in [0.2, 0.25) is 5.91 Å². The molecule has 2 heterocycles. The maximum Gasteiger partial charge on any atom is 0.311 e. The largest absolute Gasteiger partial charge is 0.481 e. The Hall–Kier alpha value is -1.10. The predicted octanol–water partition coefficient (Wildman–Crippen LogP) is 1.51. The zero-order chi connectivity index (χ0) is 14.0. The van der Waals surface area contributed by atoms with Crippen molar-refractivity contribution < 1.29 is 19.4 Å². The van der Waals surface area contributed by atoms with Crippen LogP contribution in [0, 0.1) is 11.3 Å². The number of amides is 1. The second-order valence-electron chi connectivity index (χ2n) is 5.77. The Kier molecular flexibility index (Phi) is 4.13. The van der Waals surface area contributed by atoms with Crippen LogP contribution in [0.2, 0.25) is 0 Å². The van der Waals surface area contributed by atoms with Gasteiger partial charge < -0.3 is 14.7 Å². The highest BCUT2D eigenvalue weighted by molar-refractivity contribution is 5.82. The summed E-state index contributed by atoms with van der Waals surface area (Å²) in [5.74, 6) is -0.798. The minimum atomic E-state index is -0.775. The maximum absolute atomic E-state index is 12.5. The molecule has 3 atom stereocenters. The van der Waals surface area contributed by atoms with E-state index in [1.807, 2.05) is 13.8 Å². The molecule has 0 aromatic carbocycles. The maximum atomic E-state index is 12.5. The van der Waals surface area contributed by atoms with E-state index in [0.29, 0.717) is 32.5 Å². The fraction of sp³-hybridized carbons (Fsp3) is 0.857. The van der Waals surface area contributed by atoms with E-state index < -0.39 is 11.4 Å². The van der Waals surface area contributed by atoms with E-state index >= 15 is 0 Å². The van der Waals surface area contributed by atoms with Crippen LogP contribution < -0.4 is 0 Å². The van der Waals surface area contributed by atoms with Crippen molar-refractivity contribution in [1.29, 1.82) is 0 Å². The quantitative estimate of drug-likeness (QED) is 0.843. The predicted molar refractivity (Wildman–Crippen MR) is 69.7 cm³/mol. The van der Waals surface area contributed by atoms with Gasteiger partial charge in [-0.25, -0.2) is 0 Å². The van der Waals surface area contributed by atoms with Crippen LogP contribution in [-0.4, -0.2) is 47.7 Å². The van der Waals surface area contributed by atoms with Gasteiger partial charge in [-0.15, -0.1) is 0 Å².